The fraction of sp³-hybridized carbons (Fsp3) is 0.588. The second-order valence-electron chi connectivity index (χ2n) is 5.84. The molecule has 0 saturated heterocycles. The summed E-state index contributed by atoms with van der Waals surface area (Å²) < 4.78 is 5.48. The number of carbonyl (C=O) groups is 1. The predicted molar refractivity (Wildman–Crippen MR) is 93.1 cm³/mol. The Morgan fingerprint density at radius 3 is 2.45 bits per heavy atom. The molecule has 0 aliphatic carbocycles. The minimum Gasteiger partial charge on any atom is -0.381 e. The number of nitrogens with one attached hydrogen (secondary N) is 1. The van der Waals surface area contributed by atoms with Gasteiger partial charge in [0.2, 0.25) is 5.91 Å². The van der Waals surface area contributed by atoms with Crippen LogP contribution in [0.1, 0.15) is 38.8 Å². The van der Waals surface area contributed by atoms with Gasteiger partial charge >= 0.3 is 0 Å². The fourth-order valence-electron chi connectivity index (χ4n) is 1.99. The first-order valence-corrected chi connectivity index (χ1v) is 7.68. The quantitative estimate of drug-likeness (QED) is 0.685. The predicted octanol–water partition coefficient (Wildman–Crippen LogP) is 2.92. The third-order valence-corrected chi connectivity index (χ3v) is 3.35. The monoisotopic (exact) mass is 328 g/mol. The van der Waals surface area contributed by atoms with Crippen LogP contribution < -0.4 is 11.1 Å². The maximum Gasteiger partial charge on any atom is 0.224 e. The van der Waals surface area contributed by atoms with Crippen LogP contribution >= 0.6 is 12.4 Å². The van der Waals surface area contributed by atoms with Crippen LogP contribution in [-0.2, 0) is 9.53 Å². The Balaban J connectivity index is 0.00000441. The van der Waals surface area contributed by atoms with Gasteiger partial charge in [-0.3, -0.25) is 4.79 Å². The molecule has 4 nitrogen and oxygen atoms in total. The Kier molecular flexibility index (Phi) is 10.9. The first-order valence-electron chi connectivity index (χ1n) is 7.68. The molecule has 0 saturated carbocycles. The Morgan fingerprint density at radius 1 is 1.23 bits per heavy atom. The SMILES string of the molecule is CC(C)COCCCNC(=O)C(C)C(N)c1ccccc1.Cl. The van der Waals surface area contributed by atoms with Crippen molar-refractivity contribution in [3.63, 3.8) is 0 Å². The molecule has 0 aromatic heterocycles. The third-order valence-electron chi connectivity index (χ3n) is 3.35. The maximum atomic E-state index is 12.1. The van der Waals surface area contributed by atoms with Crippen molar-refractivity contribution in [2.45, 2.75) is 33.2 Å². The first kappa shape index (κ1) is 20.9. The summed E-state index contributed by atoms with van der Waals surface area (Å²) in [4.78, 5) is 12.1. The summed E-state index contributed by atoms with van der Waals surface area (Å²) in [7, 11) is 0. The van der Waals surface area contributed by atoms with Crippen LogP contribution in [0.5, 0.6) is 0 Å². The smallest absolute Gasteiger partial charge is 0.224 e. The zero-order valence-electron chi connectivity index (χ0n) is 13.7. The van der Waals surface area contributed by atoms with E-state index in [0.717, 1.165) is 18.6 Å². The lowest BCUT2D eigenvalue weighted by Gasteiger charge is -2.19. The van der Waals surface area contributed by atoms with Gasteiger partial charge in [-0.15, -0.1) is 12.4 Å². The average molecular weight is 329 g/mol. The molecule has 1 aromatic rings. The van der Waals surface area contributed by atoms with E-state index in [0.29, 0.717) is 19.1 Å². The molecular formula is C17H29ClN2O2. The van der Waals surface area contributed by atoms with E-state index in [-0.39, 0.29) is 30.3 Å². The van der Waals surface area contributed by atoms with Crippen LogP contribution in [0.2, 0.25) is 0 Å². The number of nitrogens with two attached hydrogens (primary N) is 1. The number of hydrogen-bond acceptors (Lipinski definition) is 3. The van der Waals surface area contributed by atoms with Gasteiger partial charge in [-0.25, -0.2) is 0 Å². The number of carbonyl (C=O) groups excluding carboxylic acids is 1. The molecular weight excluding hydrogens is 300 g/mol. The third kappa shape index (κ3) is 7.78. The summed E-state index contributed by atoms with van der Waals surface area (Å²) in [5.74, 6) is 0.294. The van der Waals surface area contributed by atoms with Crippen molar-refractivity contribution in [1.82, 2.24) is 5.32 Å². The van der Waals surface area contributed by atoms with Crippen molar-refractivity contribution >= 4 is 18.3 Å². The molecule has 3 N–H and O–H groups in total. The molecule has 0 spiro atoms. The molecule has 0 radical (unpaired) electrons. The van der Waals surface area contributed by atoms with Crippen molar-refractivity contribution < 1.29 is 9.53 Å². The van der Waals surface area contributed by atoms with Gasteiger partial charge in [0.25, 0.3) is 0 Å². The first-order chi connectivity index (χ1) is 10.0. The molecule has 2 atom stereocenters. The normalized spacial score (nSPS) is 13.3. The lowest BCUT2D eigenvalue weighted by molar-refractivity contribution is -0.125. The van der Waals surface area contributed by atoms with Crippen LogP contribution in [0.25, 0.3) is 0 Å². The lowest BCUT2D eigenvalue weighted by atomic mass is 9.95. The van der Waals surface area contributed by atoms with E-state index in [2.05, 4.69) is 19.2 Å². The Hall–Kier alpha value is -1.10. The van der Waals surface area contributed by atoms with Gasteiger partial charge in [0.1, 0.15) is 0 Å². The Bertz CT molecular complexity index is 412. The van der Waals surface area contributed by atoms with E-state index in [1.165, 1.54) is 0 Å². The standard InChI is InChI=1S/C17H28N2O2.ClH/c1-13(2)12-21-11-7-10-19-17(20)14(3)16(18)15-8-5-4-6-9-15;/h4-6,8-9,13-14,16H,7,10-12,18H2,1-3H3,(H,19,20);1H. The highest BCUT2D eigenvalue weighted by Crippen LogP contribution is 2.18. The highest BCUT2D eigenvalue weighted by Gasteiger charge is 2.21. The summed E-state index contributed by atoms with van der Waals surface area (Å²) in [5, 5.41) is 2.92. The lowest BCUT2D eigenvalue weighted by Crippen LogP contribution is -2.36. The van der Waals surface area contributed by atoms with Gasteiger partial charge in [-0.1, -0.05) is 51.1 Å². The molecule has 0 bridgehead atoms. The van der Waals surface area contributed by atoms with E-state index in [4.69, 9.17) is 10.5 Å². The summed E-state index contributed by atoms with van der Waals surface area (Å²) in [6.07, 6.45) is 0.825. The molecule has 0 heterocycles. The van der Waals surface area contributed by atoms with Gasteiger partial charge in [-0.05, 0) is 17.9 Å². The number of ether oxygens (including phenoxy) is 1. The summed E-state index contributed by atoms with van der Waals surface area (Å²) in [6, 6.07) is 9.45. The minimum atomic E-state index is -0.275. The molecule has 0 aliphatic rings. The topological polar surface area (TPSA) is 64.3 Å². The second kappa shape index (κ2) is 11.5. The largest absolute Gasteiger partial charge is 0.381 e. The van der Waals surface area contributed by atoms with Crippen LogP contribution in [-0.4, -0.2) is 25.7 Å². The fourth-order valence-corrected chi connectivity index (χ4v) is 1.99. The van der Waals surface area contributed by atoms with Gasteiger partial charge in [0, 0.05) is 25.8 Å². The zero-order chi connectivity index (χ0) is 15.7. The van der Waals surface area contributed by atoms with E-state index in [9.17, 15) is 4.79 Å². The highest BCUT2D eigenvalue weighted by molar-refractivity contribution is 5.85. The van der Waals surface area contributed by atoms with Crippen LogP contribution in [0.4, 0.5) is 0 Å². The van der Waals surface area contributed by atoms with E-state index < -0.39 is 0 Å². The number of halogens is 1. The van der Waals surface area contributed by atoms with Crippen LogP contribution in [0.3, 0.4) is 0 Å². The Labute approximate surface area is 140 Å². The molecule has 1 rings (SSSR count). The molecule has 1 amide bonds. The number of amides is 1. The molecule has 1 aromatic carbocycles. The van der Waals surface area contributed by atoms with E-state index in [1.807, 2.05) is 37.3 Å². The van der Waals surface area contributed by atoms with Crippen molar-refractivity contribution in [3.8, 4) is 0 Å². The van der Waals surface area contributed by atoms with Crippen molar-refractivity contribution in [1.29, 1.82) is 0 Å². The number of hydrogen-bond donors (Lipinski definition) is 2. The summed E-state index contributed by atoms with van der Waals surface area (Å²) >= 11 is 0. The van der Waals surface area contributed by atoms with Gasteiger partial charge in [0.15, 0.2) is 0 Å². The van der Waals surface area contributed by atoms with Crippen LogP contribution in [0, 0.1) is 11.8 Å². The summed E-state index contributed by atoms with van der Waals surface area (Å²) in [5.41, 5.74) is 7.13. The minimum absolute atomic E-state index is 0. The molecule has 126 valence electrons. The number of rotatable bonds is 9. The van der Waals surface area contributed by atoms with Gasteiger partial charge in [-0.2, -0.15) is 0 Å². The zero-order valence-corrected chi connectivity index (χ0v) is 14.6. The van der Waals surface area contributed by atoms with Crippen molar-refractivity contribution in [2.75, 3.05) is 19.8 Å². The van der Waals surface area contributed by atoms with Crippen LogP contribution in [0.15, 0.2) is 30.3 Å². The van der Waals surface area contributed by atoms with Gasteiger partial charge in [0.05, 0.1) is 5.92 Å². The molecule has 2 unspecified atom stereocenters. The average Bonchev–Trinajstić information content (AvgIpc) is 2.49. The molecule has 0 fully saturated rings. The van der Waals surface area contributed by atoms with Gasteiger partial charge < -0.3 is 15.8 Å². The summed E-state index contributed by atoms with van der Waals surface area (Å²) in [6.45, 7) is 8.18. The Morgan fingerprint density at radius 2 is 1.86 bits per heavy atom. The van der Waals surface area contributed by atoms with Crippen molar-refractivity contribution in [2.24, 2.45) is 17.6 Å². The number of benzene rings is 1. The maximum absolute atomic E-state index is 12.1. The van der Waals surface area contributed by atoms with E-state index in [1.54, 1.807) is 0 Å². The molecule has 0 aliphatic heterocycles. The molecule has 5 heteroatoms. The van der Waals surface area contributed by atoms with E-state index >= 15 is 0 Å². The second-order valence-corrected chi connectivity index (χ2v) is 5.84. The van der Waals surface area contributed by atoms with Crippen molar-refractivity contribution in [3.05, 3.63) is 35.9 Å². The highest BCUT2D eigenvalue weighted by atomic mass is 35.5. The molecule has 22 heavy (non-hydrogen) atoms.